The highest BCUT2D eigenvalue weighted by atomic mass is 35.5. The predicted octanol–water partition coefficient (Wildman–Crippen LogP) is 2.69. The minimum atomic E-state index is -0.702. The SMILES string of the molecule is C[C@@H](NC(=O)c1ccco1)C(=O)Nc1cccc(Cl)c1. The van der Waals surface area contributed by atoms with Crippen LogP contribution in [0.4, 0.5) is 5.69 Å². The van der Waals surface area contributed by atoms with E-state index in [2.05, 4.69) is 10.6 Å². The van der Waals surface area contributed by atoms with Crippen LogP contribution in [0.5, 0.6) is 0 Å². The van der Waals surface area contributed by atoms with E-state index in [1.165, 1.54) is 12.3 Å². The van der Waals surface area contributed by atoms with Gasteiger partial charge in [0.15, 0.2) is 5.76 Å². The first kappa shape index (κ1) is 14.1. The molecular formula is C14H13ClN2O3. The number of carbonyl (C=O) groups excluding carboxylic acids is 2. The Bertz CT molecular complexity index is 611. The van der Waals surface area contributed by atoms with Crippen LogP contribution in [-0.2, 0) is 4.79 Å². The number of rotatable bonds is 4. The molecule has 0 bridgehead atoms. The number of halogens is 1. The number of furan rings is 1. The number of anilines is 1. The van der Waals surface area contributed by atoms with Gasteiger partial charge in [-0.3, -0.25) is 9.59 Å². The Kier molecular flexibility index (Phi) is 4.42. The van der Waals surface area contributed by atoms with Crippen LogP contribution in [-0.4, -0.2) is 17.9 Å². The van der Waals surface area contributed by atoms with Crippen molar-refractivity contribution in [3.05, 3.63) is 53.4 Å². The maximum Gasteiger partial charge on any atom is 0.287 e. The summed E-state index contributed by atoms with van der Waals surface area (Å²) in [6.45, 7) is 1.58. The zero-order valence-corrected chi connectivity index (χ0v) is 11.5. The third-order valence-electron chi connectivity index (χ3n) is 2.58. The summed E-state index contributed by atoms with van der Waals surface area (Å²) in [4.78, 5) is 23.7. The van der Waals surface area contributed by atoms with Gasteiger partial charge in [-0.2, -0.15) is 0 Å². The molecule has 0 aliphatic carbocycles. The average molecular weight is 293 g/mol. The summed E-state index contributed by atoms with van der Waals surface area (Å²) in [6.07, 6.45) is 1.39. The van der Waals surface area contributed by atoms with Crippen LogP contribution in [0.3, 0.4) is 0 Å². The van der Waals surface area contributed by atoms with Gasteiger partial charge in [-0.1, -0.05) is 17.7 Å². The lowest BCUT2D eigenvalue weighted by Gasteiger charge is -2.13. The zero-order chi connectivity index (χ0) is 14.5. The minimum Gasteiger partial charge on any atom is -0.459 e. The lowest BCUT2D eigenvalue weighted by atomic mass is 10.2. The van der Waals surface area contributed by atoms with Gasteiger partial charge in [0.1, 0.15) is 6.04 Å². The van der Waals surface area contributed by atoms with E-state index in [0.29, 0.717) is 10.7 Å². The van der Waals surface area contributed by atoms with E-state index in [9.17, 15) is 9.59 Å². The predicted molar refractivity (Wildman–Crippen MR) is 75.7 cm³/mol. The number of nitrogens with one attached hydrogen (secondary N) is 2. The largest absolute Gasteiger partial charge is 0.459 e. The molecule has 0 spiro atoms. The number of benzene rings is 1. The molecule has 6 heteroatoms. The van der Waals surface area contributed by atoms with Gasteiger partial charge in [0, 0.05) is 10.7 Å². The molecule has 1 aromatic carbocycles. The molecule has 2 aromatic rings. The molecule has 1 heterocycles. The third-order valence-corrected chi connectivity index (χ3v) is 2.81. The lowest BCUT2D eigenvalue weighted by molar-refractivity contribution is -0.117. The molecular weight excluding hydrogens is 280 g/mol. The number of hydrogen-bond acceptors (Lipinski definition) is 3. The normalized spacial score (nSPS) is 11.7. The topological polar surface area (TPSA) is 71.3 Å². The summed E-state index contributed by atoms with van der Waals surface area (Å²) < 4.78 is 4.95. The second kappa shape index (κ2) is 6.25. The maximum absolute atomic E-state index is 11.9. The van der Waals surface area contributed by atoms with Crippen LogP contribution in [0, 0.1) is 0 Å². The van der Waals surface area contributed by atoms with Crippen LogP contribution in [0.1, 0.15) is 17.5 Å². The summed E-state index contributed by atoms with van der Waals surface area (Å²) in [5.74, 6) is -0.622. The second-order valence-electron chi connectivity index (χ2n) is 4.17. The highest BCUT2D eigenvalue weighted by Gasteiger charge is 2.18. The van der Waals surface area contributed by atoms with Crippen molar-refractivity contribution < 1.29 is 14.0 Å². The standard InChI is InChI=1S/C14H13ClN2O3/c1-9(16-14(19)12-6-3-7-20-12)13(18)17-11-5-2-4-10(15)8-11/h2-9H,1H3,(H,16,19)(H,17,18)/t9-/m1/s1. The van der Waals surface area contributed by atoms with E-state index in [1.54, 1.807) is 37.3 Å². The Morgan fingerprint density at radius 1 is 1.25 bits per heavy atom. The maximum atomic E-state index is 11.9. The van der Waals surface area contributed by atoms with Crippen LogP contribution >= 0.6 is 11.6 Å². The average Bonchev–Trinajstić information content (AvgIpc) is 2.92. The molecule has 0 radical (unpaired) electrons. The smallest absolute Gasteiger partial charge is 0.287 e. The van der Waals surface area contributed by atoms with Crippen molar-refractivity contribution in [3.63, 3.8) is 0 Å². The quantitative estimate of drug-likeness (QED) is 0.910. The van der Waals surface area contributed by atoms with Crippen LogP contribution in [0.15, 0.2) is 47.1 Å². The van der Waals surface area contributed by atoms with Gasteiger partial charge in [-0.15, -0.1) is 0 Å². The summed E-state index contributed by atoms with van der Waals surface area (Å²) in [5.41, 5.74) is 0.571. The molecule has 5 nitrogen and oxygen atoms in total. The summed E-state index contributed by atoms with van der Waals surface area (Å²) in [5, 5.41) is 5.73. The molecule has 0 fully saturated rings. The molecule has 0 saturated carbocycles. The molecule has 0 aliphatic rings. The molecule has 104 valence electrons. The molecule has 2 N–H and O–H groups in total. The first-order chi connectivity index (χ1) is 9.56. The van der Waals surface area contributed by atoms with E-state index < -0.39 is 11.9 Å². The third kappa shape index (κ3) is 3.61. The van der Waals surface area contributed by atoms with Gasteiger partial charge >= 0.3 is 0 Å². The van der Waals surface area contributed by atoms with Crippen LogP contribution < -0.4 is 10.6 Å². The van der Waals surface area contributed by atoms with E-state index in [0.717, 1.165) is 0 Å². The van der Waals surface area contributed by atoms with Gasteiger partial charge in [-0.05, 0) is 37.3 Å². The highest BCUT2D eigenvalue weighted by molar-refractivity contribution is 6.30. The first-order valence-electron chi connectivity index (χ1n) is 5.97. The molecule has 0 aliphatic heterocycles. The molecule has 1 atom stereocenters. The fourth-order valence-electron chi connectivity index (χ4n) is 1.56. The minimum absolute atomic E-state index is 0.160. The fraction of sp³-hybridized carbons (Fsp3) is 0.143. The van der Waals surface area contributed by atoms with Crippen molar-refractivity contribution in [3.8, 4) is 0 Å². The molecule has 0 saturated heterocycles. The Balaban J connectivity index is 1.94. The monoisotopic (exact) mass is 292 g/mol. The first-order valence-corrected chi connectivity index (χ1v) is 6.35. The number of carbonyl (C=O) groups is 2. The summed E-state index contributed by atoms with van der Waals surface area (Å²) in [6, 6.07) is 9.20. The highest BCUT2D eigenvalue weighted by Crippen LogP contribution is 2.15. The summed E-state index contributed by atoms with van der Waals surface area (Å²) in [7, 11) is 0. The fourth-order valence-corrected chi connectivity index (χ4v) is 1.75. The van der Waals surface area contributed by atoms with E-state index in [-0.39, 0.29) is 11.7 Å². The van der Waals surface area contributed by atoms with E-state index >= 15 is 0 Å². The summed E-state index contributed by atoms with van der Waals surface area (Å²) >= 11 is 5.83. The Labute approximate surface area is 120 Å². The Morgan fingerprint density at radius 3 is 2.70 bits per heavy atom. The van der Waals surface area contributed by atoms with Gasteiger partial charge in [0.2, 0.25) is 5.91 Å². The van der Waals surface area contributed by atoms with E-state index in [1.807, 2.05) is 0 Å². The van der Waals surface area contributed by atoms with Crippen molar-refractivity contribution in [2.24, 2.45) is 0 Å². The van der Waals surface area contributed by atoms with Crippen molar-refractivity contribution >= 4 is 29.1 Å². The van der Waals surface area contributed by atoms with Gasteiger partial charge < -0.3 is 15.1 Å². The van der Waals surface area contributed by atoms with Gasteiger partial charge in [-0.25, -0.2) is 0 Å². The van der Waals surface area contributed by atoms with Gasteiger partial charge in [0.05, 0.1) is 6.26 Å². The molecule has 2 rings (SSSR count). The van der Waals surface area contributed by atoms with Crippen molar-refractivity contribution in [1.29, 1.82) is 0 Å². The molecule has 20 heavy (non-hydrogen) atoms. The molecule has 1 aromatic heterocycles. The van der Waals surface area contributed by atoms with Crippen molar-refractivity contribution in [1.82, 2.24) is 5.32 Å². The number of hydrogen-bond donors (Lipinski definition) is 2. The number of amides is 2. The van der Waals surface area contributed by atoms with Crippen molar-refractivity contribution in [2.45, 2.75) is 13.0 Å². The second-order valence-corrected chi connectivity index (χ2v) is 4.61. The Morgan fingerprint density at radius 2 is 2.05 bits per heavy atom. The van der Waals surface area contributed by atoms with Crippen molar-refractivity contribution in [2.75, 3.05) is 5.32 Å². The molecule has 0 unspecified atom stereocenters. The zero-order valence-electron chi connectivity index (χ0n) is 10.7. The van der Waals surface area contributed by atoms with Gasteiger partial charge in [0.25, 0.3) is 5.91 Å². The lowest BCUT2D eigenvalue weighted by Crippen LogP contribution is -2.41. The van der Waals surface area contributed by atoms with Crippen LogP contribution in [0.2, 0.25) is 5.02 Å². The van der Waals surface area contributed by atoms with Crippen LogP contribution in [0.25, 0.3) is 0 Å². The van der Waals surface area contributed by atoms with E-state index in [4.69, 9.17) is 16.0 Å². The molecule has 2 amide bonds. The Hall–Kier alpha value is -2.27.